The Bertz CT molecular complexity index is 1140. The smallest absolute Gasteiger partial charge is 0.434 e. The fourth-order valence-electron chi connectivity index (χ4n) is 3.30. The standard InChI is InChI=1S/C22H21ClF3N3O4/c1-12(13-8-17(31-2)19(33-4)18(9-13)32-3)28-21(30)16-11-27-29(20(16)22(24,25)26)15-7-5-6-14(23)10-15/h5-12H,1-4H3,(H,28,30). The third kappa shape index (κ3) is 5.00. The number of aromatic nitrogens is 2. The number of hydrogen-bond acceptors (Lipinski definition) is 5. The maximum atomic E-state index is 13.9. The third-order valence-electron chi connectivity index (χ3n) is 4.87. The van der Waals surface area contributed by atoms with Gasteiger partial charge in [-0.15, -0.1) is 0 Å². The molecule has 1 amide bonds. The maximum absolute atomic E-state index is 13.9. The van der Waals surface area contributed by atoms with E-state index >= 15 is 0 Å². The first-order valence-corrected chi connectivity index (χ1v) is 10.00. The van der Waals surface area contributed by atoms with Gasteiger partial charge in [-0.1, -0.05) is 17.7 Å². The minimum Gasteiger partial charge on any atom is -0.493 e. The van der Waals surface area contributed by atoms with Crippen LogP contribution in [-0.4, -0.2) is 37.0 Å². The predicted molar refractivity (Wildman–Crippen MR) is 116 cm³/mol. The average molecular weight is 484 g/mol. The molecule has 33 heavy (non-hydrogen) atoms. The molecule has 0 aliphatic carbocycles. The SMILES string of the molecule is COc1cc(C(C)NC(=O)c2cnn(-c3cccc(Cl)c3)c2C(F)(F)F)cc(OC)c1OC. The van der Waals surface area contributed by atoms with E-state index in [4.69, 9.17) is 25.8 Å². The fourth-order valence-corrected chi connectivity index (χ4v) is 3.48. The normalized spacial score (nSPS) is 12.2. The van der Waals surface area contributed by atoms with Crippen LogP contribution in [0.2, 0.25) is 5.02 Å². The molecule has 1 aromatic heterocycles. The van der Waals surface area contributed by atoms with E-state index in [1.807, 2.05) is 0 Å². The highest BCUT2D eigenvalue weighted by molar-refractivity contribution is 6.30. The van der Waals surface area contributed by atoms with Crippen molar-refractivity contribution in [2.24, 2.45) is 0 Å². The molecule has 0 aliphatic rings. The van der Waals surface area contributed by atoms with Gasteiger partial charge < -0.3 is 19.5 Å². The number of benzene rings is 2. The van der Waals surface area contributed by atoms with Crippen LogP contribution in [0.15, 0.2) is 42.6 Å². The second-order valence-electron chi connectivity index (χ2n) is 6.95. The van der Waals surface area contributed by atoms with Gasteiger partial charge >= 0.3 is 6.18 Å². The largest absolute Gasteiger partial charge is 0.493 e. The first-order valence-electron chi connectivity index (χ1n) is 9.62. The summed E-state index contributed by atoms with van der Waals surface area (Å²) in [5.41, 5.74) is -1.22. The minimum absolute atomic E-state index is 0.0755. The molecule has 0 saturated carbocycles. The van der Waals surface area contributed by atoms with Crippen LogP contribution in [0.1, 0.15) is 34.6 Å². The Labute approximate surface area is 193 Å². The molecule has 0 radical (unpaired) electrons. The molecule has 1 unspecified atom stereocenters. The van der Waals surface area contributed by atoms with Crippen LogP contribution in [0.5, 0.6) is 17.2 Å². The maximum Gasteiger partial charge on any atom is 0.434 e. The number of hydrogen-bond donors (Lipinski definition) is 1. The average Bonchev–Trinajstić information content (AvgIpc) is 3.24. The van der Waals surface area contributed by atoms with Gasteiger partial charge in [-0.25, -0.2) is 4.68 Å². The van der Waals surface area contributed by atoms with Crippen LogP contribution in [-0.2, 0) is 6.18 Å². The van der Waals surface area contributed by atoms with Gasteiger partial charge in [0.15, 0.2) is 17.2 Å². The van der Waals surface area contributed by atoms with E-state index < -0.39 is 29.4 Å². The molecular weight excluding hydrogens is 463 g/mol. The zero-order chi connectivity index (χ0) is 24.3. The Hall–Kier alpha value is -3.40. The van der Waals surface area contributed by atoms with Gasteiger partial charge in [-0.05, 0) is 42.8 Å². The molecule has 11 heteroatoms. The Morgan fingerprint density at radius 1 is 1.09 bits per heavy atom. The number of nitrogens with zero attached hydrogens (tertiary/aromatic N) is 2. The highest BCUT2D eigenvalue weighted by atomic mass is 35.5. The number of carbonyl (C=O) groups is 1. The fraction of sp³-hybridized carbons (Fsp3) is 0.273. The summed E-state index contributed by atoms with van der Waals surface area (Å²) in [7, 11) is 4.32. The summed E-state index contributed by atoms with van der Waals surface area (Å²) < 4.78 is 58.2. The van der Waals surface area contributed by atoms with Crippen LogP contribution < -0.4 is 19.5 Å². The van der Waals surface area contributed by atoms with Crippen molar-refractivity contribution < 1.29 is 32.2 Å². The van der Waals surface area contributed by atoms with Crippen molar-refractivity contribution in [3.8, 4) is 22.9 Å². The lowest BCUT2D eigenvalue weighted by atomic mass is 10.1. The number of ether oxygens (including phenoxy) is 3. The Morgan fingerprint density at radius 2 is 1.73 bits per heavy atom. The second-order valence-corrected chi connectivity index (χ2v) is 7.39. The number of rotatable bonds is 7. The molecule has 176 valence electrons. The summed E-state index contributed by atoms with van der Waals surface area (Å²) in [6.45, 7) is 1.62. The molecular formula is C22H21ClF3N3O4. The Balaban J connectivity index is 1.97. The van der Waals surface area contributed by atoms with E-state index in [1.54, 1.807) is 19.1 Å². The molecule has 0 bridgehead atoms. The van der Waals surface area contributed by atoms with Gasteiger partial charge in [0.1, 0.15) is 0 Å². The van der Waals surface area contributed by atoms with E-state index in [9.17, 15) is 18.0 Å². The Morgan fingerprint density at radius 3 is 2.24 bits per heavy atom. The summed E-state index contributed by atoms with van der Waals surface area (Å²) >= 11 is 5.91. The van der Waals surface area contributed by atoms with Gasteiger partial charge in [0.05, 0.1) is 44.8 Å². The third-order valence-corrected chi connectivity index (χ3v) is 5.10. The summed E-state index contributed by atoms with van der Waals surface area (Å²) in [6, 6.07) is 8.26. The van der Waals surface area contributed by atoms with Crippen molar-refractivity contribution in [3.63, 3.8) is 0 Å². The van der Waals surface area contributed by atoms with Crippen LogP contribution in [0.3, 0.4) is 0 Å². The van der Waals surface area contributed by atoms with Gasteiger partial charge in [0.25, 0.3) is 5.91 Å². The number of methoxy groups -OCH3 is 3. The summed E-state index contributed by atoms with van der Waals surface area (Å²) in [6.07, 6.45) is -3.97. The van der Waals surface area contributed by atoms with Gasteiger partial charge in [-0.3, -0.25) is 4.79 Å². The van der Waals surface area contributed by atoms with Crippen LogP contribution >= 0.6 is 11.6 Å². The van der Waals surface area contributed by atoms with Gasteiger partial charge in [0, 0.05) is 5.02 Å². The molecule has 1 heterocycles. The molecule has 0 saturated heterocycles. The summed E-state index contributed by atoms with van der Waals surface area (Å²) in [5.74, 6) is 0.0942. The summed E-state index contributed by atoms with van der Waals surface area (Å²) in [4.78, 5) is 12.9. The first kappa shape index (κ1) is 24.2. The molecule has 3 rings (SSSR count). The van der Waals surface area contributed by atoms with E-state index in [0.29, 0.717) is 27.5 Å². The molecule has 0 spiro atoms. The zero-order valence-corrected chi connectivity index (χ0v) is 18.9. The topological polar surface area (TPSA) is 74.6 Å². The predicted octanol–water partition coefficient (Wildman–Crippen LogP) is 5.06. The number of nitrogens with one attached hydrogen (secondary N) is 1. The van der Waals surface area contributed by atoms with Gasteiger partial charge in [0.2, 0.25) is 5.75 Å². The second kappa shape index (κ2) is 9.62. The van der Waals surface area contributed by atoms with Crippen molar-refractivity contribution in [1.82, 2.24) is 15.1 Å². The van der Waals surface area contributed by atoms with E-state index in [2.05, 4.69) is 10.4 Å². The molecule has 3 aromatic rings. The first-order chi connectivity index (χ1) is 15.6. The molecule has 0 aliphatic heterocycles. The number of amides is 1. The monoisotopic (exact) mass is 483 g/mol. The molecule has 7 nitrogen and oxygen atoms in total. The lowest BCUT2D eigenvalue weighted by Gasteiger charge is -2.19. The molecule has 0 fully saturated rings. The highest BCUT2D eigenvalue weighted by Gasteiger charge is 2.40. The van der Waals surface area contributed by atoms with Crippen LogP contribution in [0.25, 0.3) is 5.69 Å². The lowest BCUT2D eigenvalue weighted by molar-refractivity contribution is -0.143. The number of carbonyl (C=O) groups excluding carboxylic acids is 1. The quantitative estimate of drug-likeness (QED) is 0.508. The Kier molecular flexibility index (Phi) is 7.06. The molecule has 2 aromatic carbocycles. The molecule has 1 N–H and O–H groups in total. The van der Waals surface area contributed by atoms with Crippen molar-refractivity contribution in [1.29, 1.82) is 0 Å². The van der Waals surface area contributed by atoms with E-state index in [-0.39, 0.29) is 10.7 Å². The zero-order valence-electron chi connectivity index (χ0n) is 18.2. The van der Waals surface area contributed by atoms with Gasteiger partial charge in [-0.2, -0.15) is 18.3 Å². The van der Waals surface area contributed by atoms with Crippen molar-refractivity contribution >= 4 is 17.5 Å². The summed E-state index contributed by atoms with van der Waals surface area (Å²) in [5, 5.41) is 6.60. The number of alkyl halides is 3. The number of halogens is 4. The van der Waals surface area contributed by atoms with E-state index in [0.717, 1.165) is 6.20 Å². The highest BCUT2D eigenvalue weighted by Crippen LogP contribution is 2.40. The van der Waals surface area contributed by atoms with Crippen LogP contribution in [0.4, 0.5) is 13.2 Å². The molecule has 1 atom stereocenters. The van der Waals surface area contributed by atoms with E-state index in [1.165, 1.54) is 45.6 Å². The van der Waals surface area contributed by atoms with Crippen molar-refractivity contribution in [2.75, 3.05) is 21.3 Å². The van der Waals surface area contributed by atoms with Crippen molar-refractivity contribution in [2.45, 2.75) is 19.1 Å². The van der Waals surface area contributed by atoms with Crippen LogP contribution in [0, 0.1) is 0 Å². The minimum atomic E-state index is -4.85. The van der Waals surface area contributed by atoms with Crippen molar-refractivity contribution in [3.05, 3.63) is 64.4 Å². The lowest BCUT2D eigenvalue weighted by Crippen LogP contribution is -2.29.